The summed E-state index contributed by atoms with van der Waals surface area (Å²) >= 11 is 0. The summed E-state index contributed by atoms with van der Waals surface area (Å²) in [5.74, 6) is 1.81. The fraction of sp³-hybridized carbons (Fsp3) is 0.250. The van der Waals surface area contributed by atoms with Crippen LogP contribution >= 0.6 is 24.0 Å². The van der Waals surface area contributed by atoms with Gasteiger partial charge in [0, 0.05) is 52.0 Å². The summed E-state index contributed by atoms with van der Waals surface area (Å²) in [5, 5.41) is 13.5. The molecule has 0 bridgehead atoms. The van der Waals surface area contributed by atoms with Crippen molar-refractivity contribution >= 4 is 35.6 Å². The molecule has 0 radical (unpaired) electrons. The van der Waals surface area contributed by atoms with Crippen LogP contribution in [0.25, 0.3) is 0 Å². The van der Waals surface area contributed by atoms with Gasteiger partial charge in [0.15, 0.2) is 5.96 Å². The van der Waals surface area contributed by atoms with Crippen molar-refractivity contribution in [2.45, 2.75) is 6.54 Å². The van der Waals surface area contributed by atoms with Gasteiger partial charge in [-0.3, -0.25) is 4.99 Å². The lowest BCUT2D eigenvalue weighted by Gasteiger charge is -2.37. The summed E-state index contributed by atoms with van der Waals surface area (Å²) in [6, 6.07) is 17.0. The van der Waals surface area contributed by atoms with Gasteiger partial charge < -0.3 is 25.0 Å². The van der Waals surface area contributed by atoms with Crippen LogP contribution in [0, 0.1) is 5.82 Å². The summed E-state index contributed by atoms with van der Waals surface area (Å²) in [6.45, 7) is 3.79. The average molecular weight is 563 g/mol. The number of hydrogen-bond donors (Lipinski definition) is 2. The van der Waals surface area contributed by atoms with Crippen LogP contribution in [0.2, 0.25) is 0 Å². The highest BCUT2D eigenvalue weighted by atomic mass is 127. The highest BCUT2D eigenvalue weighted by Crippen LogP contribution is 2.27. The number of nitrogens with one attached hydrogen (secondary N) is 1. The van der Waals surface area contributed by atoms with Gasteiger partial charge >= 0.3 is 0 Å². The molecule has 33 heavy (non-hydrogen) atoms. The Kier molecular flexibility index (Phi) is 8.70. The van der Waals surface area contributed by atoms with Crippen molar-refractivity contribution in [2.75, 3.05) is 38.1 Å². The number of aliphatic imine (C=N–C) groups is 1. The zero-order valence-electron chi connectivity index (χ0n) is 18.3. The zero-order chi connectivity index (χ0) is 22.3. The van der Waals surface area contributed by atoms with Crippen LogP contribution in [0.5, 0.6) is 17.4 Å². The number of rotatable bonds is 5. The number of ether oxygens (including phenoxy) is 1. The maximum Gasteiger partial charge on any atom is 0.219 e. The second kappa shape index (κ2) is 11.7. The third-order valence-electron chi connectivity index (χ3n) is 5.30. The molecule has 0 amide bonds. The first kappa shape index (κ1) is 24.6. The number of aromatic nitrogens is 1. The molecular formula is C24H27FIN5O2. The van der Waals surface area contributed by atoms with Crippen molar-refractivity contribution in [1.29, 1.82) is 0 Å². The first-order valence-corrected chi connectivity index (χ1v) is 10.5. The maximum atomic E-state index is 13.0. The van der Waals surface area contributed by atoms with Crippen LogP contribution in [0.4, 0.5) is 10.1 Å². The molecule has 0 spiro atoms. The van der Waals surface area contributed by atoms with E-state index < -0.39 is 0 Å². The van der Waals surface area contributed by atoms with E-state index in [0.717, 1.165) is 43.4 Å². The molecule has 1 fully saturated rings. The molecule has 0 atom stereocenters. The summed E-state index contributed by atoms with van der Waals surface area (Å²) < 4.78 is 18.6. The lowest BCUT2D eigenvalue weighted by Crippen LogP contribution is -2.52. The van der Waals surface area contributed by atoms with Crippen LogP contribution in [0.15, 0.2) is 71.9 Å². The quantitative estimate of drug-likeness (QED) is 0.275. The molecule has 0 saturated carbocycles. The summed E-state index contributed by atoms with van der Waals surface area (Å²) in [5.41, 5.74) is 1.86. The Bertz CT molecular complexity index is 1060. The number of aromatic hydroxyl groups is 1. The number of phenols is 1. The van der Waals surface area contributed by atoms with Crippen LogP contribution < -0.4 is 15.0 Å². The van der Waals surface area contributed by atoms with Gasteiger partial charge in [-0.2, -0.15) is 0 Å². The minimum Gasteiger partial charge on any atom is -0.506 e. The lowest BCUT2D eigenvalue weighted by molar-refractivity contribution is 0.369. The minimum atomic E-state index is -0.306. The van der Waals surface area contributed by atoms with Crippen LogP contribution in [0.3, 0.4) is 0 Å². The van der Waals surface area contributed by atoms with Gasteiger partial charge in [0.05, 0.1) is 5.69 Å². The highest BCUT2D eigenvalue weighted by Gasteiger charge is 2.21. The topological polar surface area (TPSA) is 73.2 Å². The van der Waals surface area contributed by atoms with E-state index in [1.54, 1.807) is 37.5 Å². The van der Waals surface area contributed by atoms with Gasteiger partial charge in [-0.25, -0.2) is 9.37 Å². The van der Waals surface area contributed by atoms with E-state index in [-0.39, 0.29) is 29.8 Å². The van der Waals surface area contributed by atoms with Crippen LogP contribution in [0.1, 0.15) is 5.56 Å². The van der Waals surface area contributed by atoms with E-state index in [4.69, 9.17) is 4.74 Å². The zero-order valence-corrected chi connectivity index (χ0v) is 20.6. The molecule has 2 N–H and O–H groups in total. The average Bonchev–Trinajstić information content (AvgIpc) is 2.83. The number of para-hydroxylation sites is 2. The van der Waals surface area contributed by atoms with Gasteiger partial charge in [0.1, 0.15) is 17.3 Å². The van der Waals surface area contributed by atoms with Crippen molar-refractivity contribution in [3.63, 3.8) is 0 Å². The van der Waals surface area contributed by atoms with E-state index in [2.05, 4.69) is 25.1 Å². The van der Waals surface area contributed by atoms with E-state index in [1.165, 1.54) is 12.1 Å². The number of halogens is 2. The minimum absolute atomic E-state index is 0. The predicted molar refractivity (Wildman–Crippen MR) is 138 cm³/mol. The van der Waals surface area contributed by atoms with E-state index >= 15 is 0 Å². The lowest BCUT2D eigenvalue weighted by atomic mass is 10.2. The molecule has 0 aliphatic carbocycles. The first-order chi connectivity index (χ1) is 15.6. The van der Waals surface area contributed by atoms with Crippen LogP contribution in [-0.4, -0.2) is 54.2 Å². The smallest absolute Gasteiger partial charge is 0.219 e. The standard InChI is InChI=1S/C24H26FN5O2.HI/c1-26-24(30-14-12-29(13-15-30)21-4-2-3-5-22(21)31)28-17-18-6-11-23(27-16-18)32-20-9-7-19(25)8-10-20;/h2-11,16,31H,12-15,17H2,1H3,(H,26,28);1H. The molecule has 0 unspecified atom stereocenters. The molecule has 4 rings (SSSR count). The SMILES string of the molecule is CN=C(NCc1ccc(Oc2ccc(F)cc2)nc1)N1CCN(c2ccccc2O)CC1.I. The highest BCUT2D eigenvalue weighted by molar-refractivity contribution is 14.0. The number of phenolic OH excluding ortho intramolecular Hbond substituents is 1. The van der Waals surface area contributed by atoms with E-state index in [9.17, 15) is 9.50 Å². The van der Waals surface area contributed by atoms with Crippen molar-refractivity contribution < 1.29 is 14.2 Å². The van der Waals surface area contributed by atoms with Crippen molar-refractivity contribution in [3.05, 3.63) is 78.2 Å². The Labute approximate surface area is 209 Å². The van der Waals surface area contributed by atoms with Gasteiger partial charge in [-0.15, -0.1) is 24.0 Å². The predicted octanol–water partition coefficient (Wildman–Crippen LogP) is 4.23. The number of anilines is 1. The summed E-state index contributed by atoms with van der Waals surface area (Å²) in [7, 11) is 1.77. The Morgan fingerprint density at radius 1 is 1.06 bits per heavy atom. The molecule has 2 heterocycles. The molecule has 2 aromatic carbocycles. The van der Waals surface area contributed by atoms with E-state index in [1.807, 2.05) is 24.3 Å². The molecule has 174 valence electrons. The number of benzene rings is 2. The second-order valence-corrected chi connectivity index (χ2v) is 7.42. The van der Waals surface area contributed by atoms with Crippen molar-refractivity contribution in [1.82, 2.24) is 15.2 Å². The summed E-state index contributed by atoms with van der Waals surface area (Å²) in [4.78, 5) is 13.1. The number of nitrogens with zero attached hydrogens (tertiary/aromatic N) is 4. The van der Waals surface area contributed by atoms with Crippen molar-refractivity contribution in [2.24, 2.45) is 4.99 Å². The third kappa shape index (κ3) is 6.47. The Balaban J connectivity index is 0.00000306. The second-order valence-electron chi connectivity index (χ2n) is 7.42. The fourth-order valence-electron chi connectivity index (χ4n) is 3.60. The molecule has 9 heteroatoms. The molecule has 3 aromatic rings. The van der Waals surface area contributed by atoms with Crippen LogP contribution in [-0.2, 0) is 6.54 Å². The van der Waals surface area contributed by atoms with Gasteiger partial charge in [-0.1, -0.05) is 18.2 Å². The van der Waals surface area contributed by atoms with Gasteiger partial charge in [0.25, 0.3) is 0 Å². The number of pyridine rings is 1. The Morgan fingerprint density at radius 3 is 2.42 bits per heavy atom. The molecular weight excluding hydrogens is 536 g/mol. The van der Waals surface area contributed by atoms with Gasteiger partial charge in [0.2, 0.25) is 5.88 Å². The third-order valence-corrected chi connectivity index (χ3v) is 5.30. The number of piperazine rings is 1. The molecule has 1 saturated heterocycles. The first-order valence-electron chi connectivity index (χ1n) is 10.5. The molecule has 1 aliphatic heterocycles. The maximum absolute atomic E-state index is 13.0. The molecule has 1 aliphatic rings. The molecule has 1 aromatic heterocycles. The Hall–Kier alpha value is -3.08. The number of guanidine groups is 1. The van der Waals surface area contributed by atoms with Gasteiger partial charge in [-0.05, 0) is 42.0 Å². The largest absolute Gasteiger partial charge is 0.506 e. The fourth-order valence-corrected chi connectivity index (χ4v) is 3.60. The van der Waals surface area contributed by atoms with E-state index in [0.29, 0.717) is 23.9 Å². The van der Waals surface area contributed by atoms with Crippen molar-refractivity contribution in [3.8, 4) is 17.4 Å². The molecule has 7 nitrogen and oxygen atoms in total. The normalized spacial score (nSPS) is 13.9. The monoisotopic (exact) mass is 563 g/mol. The number of hydrogen-bond acceptors (Lipinski definition) is 5. The Morgan fingerprint density at radius 2 is 1.79 bits per heavy atom. The summed E-state index contributed by atoms with van der Waals surface area (Å²) in [6.07, 6.45) is 1.75.